The largest absolute Gasteiger partial charge is 0.480 e. The van der Waals surface area contributed by atoms with Crippen LogP contribution in [0.4, 0.5) is 5.69 Å². The number of nitrogens with zero attached hydrogens (tertiary/aromatic N) is 1. The van der Waals surface area contributed by atoms with Gasteiger partial charge in [0.1, 0.15) is 6.04 Å². The van der Waals surface area contributed by atoms with Gasteiger partial charge >= 0.3 is 5.97 Å². The molecule has 2 aromatic rings. The molecule has 1 N–H and O–H groups in total. The molecule has 0 heterocycles. The van der Waals surface area contributed by atoms with Crippen molar-refractivity contribution in [2.45, 2.75) is 13.0 Å². The molecule has 2 aromatic carbocycles. The predicted molar refractivity (Wildman–Crippen MR) is 103 cm³/mol. The number of anilines is 1. The maximum atomic E-state index is 10.9. The third-order valence-electron chi connectivity index (χ3n) is 3.06. The van der Waals surface area contributed by atoms with Gasteiger partial charge in [0.15, 0.2) is 0 Å². The molecule has 1 unspecified atom stereocenters. The molecule has 0 spiro atoms. The van der Waals surface area contributed by atoms with Gasteiger partial charge in [0.05, 0.1) is 10.0 Å². The molecule has 0 bridgehead atoms. The molecule has 126 valence electrons. The first kappa shape index (κ1) is 22.2. The van der Waals surface area contributed by atoms with Crippen molar-refractivity contribution in [1.29, 1.82) is 0 Å². The van der Waals surface area contributed by atoms with Crippen molar-refractivity contribution in [2.24, 2.45) is 0 Å². The third-order valence-corrected chi connectivity index (χ3v) is 3.82. The van der Waals surface area contributed by atoms with Crippen molar-refractivity contribution < 1.29 is 9.90 Å². The number of aliphatic carboxylic acids is 1. The lowest BCUT2D eigenvalue weighted by Gasteiger charge is -2.27. The molecular formula is C18H19Cl2NO2Si. The fourth-order valence-electron chi connectivity index (χ4n) is 1.82. The lowest BCUT2D eigenvalue weighted by Crippen LogP contribution is -2.39. The van der Waals surface area contributed by atoms with Crippen molar-refractivity contribution in [3.63, 3.8) is 0 Å². The summed E-state index contributed by atoms with van der Waals surface area (Å²) in [6, 6.07) is 16.1. The highest BCUT2D eigenvalue weighted by Gasteiger charge is 2.19. The lowest BCUT2D eigenvalue weighted by atomic mass is 10.2. The van der Waals surface area contributed by atoms with Crippen LogP contribution in [0.15, 0.2) is 67.3 Å². The van der Waals surface area contributed by atoms with Gasteiger partial charge < -0.3 is 10.0 Å². The predicted octanol–water partition coefficient (Wildman–Crippen LogP) is 4.76. The molecule has 0 aliphatic heterocycles. The quantitative estimate of drug-likeness (QED) is 0.600. The number of hydrogen-bond acceptors (Lipinski definition) is 2. The smallest absolute Gasteiger partial charge is 0.326 e. The standard InChI is InChI=1S/C12H15NO2.C6H4Cl2.Si/c1-3-9-13(10(2)12(14)15)11-7-5-4-6-8-11;7-5-3-1-2-4-6(5)8;/h3-8,10H,1,9H2,2H3,(H,14,15);1-4H;. The second kappa shape index (κ2) is 11.7. The summed E-state index contributed by atoms with van der Waals surface area (Å²) in [7, 11) is 0. The van der Waals surface area contributed by atoms with Gasteiger partial charge in [-0.1, -0.05) is 59.6 Å². The van der Waals surface area contributed by atoms with Crippen LogP contribution in [-0.2, 0) is 4.79 Å². The van der Waals surface area contributed by atoms with Crippen LogP contribution in [0.5, 0.6) is 0 Å². The average Bonchev–Trinajstić information content (AvgIpc) is 2.56. The molecule has 0 aromatic heterocycles. The minimum absolute atomic E-state index is 0. The van der Waals surface area contributed by atoms with E-state index in [4.69, 9.17) is 28.3 Å². The summed E-state index contributed by atoms with van der Waals surface area (Å²) < 4.78 is 0. The molecule has 0 aliphatic carbocycles. The molecule has 4 radical (unpaired) electrons. The summed E-state index contributed by atoms with van der Waals surface area (Å²) in [5.74, 6) is -0.833. The zero-order chi connectivity index (χ0) is 17.2. The van der Waals surface area contributed by atoms with E-state index in [2.05, 4.69) is 6.58 Å². The fourth-order valence-corrected chi connectivity index (χ4v) is 2.09. The molecule has 0 saturated carbocycles. The molecule has 2 rings (SSSR count). The Labute approximate surface area is 157 Å². The Morgan fingerprint density at radius 1 is 1.12 bits per heavy atom. The number of carboxylic acid groups (broad SMARTS) is 1. The van der Waals surface area contributed by atoms with Crippen molar-refractivity contribution in [1.82, 2.24) is 0 Å². The van der Waals surface area contributed by atoms with E-state index in [9.17, 15) is 4.79 Å². The topological polar surface area (TPSA) is 40.5 Å². The number of rotatable bonds is 5. The van der Waals surface area contributed by atoms with E-state index in [0.29, 0.717) is 16.6 Å². The number of halogens is 2. The highest BCUT2D eigenvalue weighted by Crippen LogP contribution is 2.19. The number of hydrogen-bond donors (Lipinski definition) is 1. The van der Waals surface area contributed by atoms with Crippen molar-refractivity contribution in [3.05, 3.63) is 77.3 Å². The van der Waals surface area contributed by atoms with Gasteiger partial charge in [-0.25, -0.2) is 4.79 Å². The monoisotopic (exact) mass is 379 g/mol. The molecular weight excluding hydrogens is 361 g/mol. The summed E-state index contributed by atoms with van der Waals surface area (Å²) in [5, 5.41) is 10.2. The minimum Gasteiger partial charge on any atom is -0.480 e. The average molecular weight is 380 g/mol. The Balaban J connectivity index is 0.000000498. The Bertz CT molecular complexity index is 617. The van der Waals surface area contributed by atoms with Crippen molar-refractivity contribution >= 4 is 45.8 Å². The Hall–Kier alpha value is -1.75. The highest BCUT2D eigenvalue weighted by molar-refractivity contribution is 6.41. The van der Waals surface area contributed by atoms with Crippen LogP contribution >= 0.6 is 23.2 Å². The first-order valence-electron chi connectivity index (χ1n) is 7.02. The first-order valence-corrected chi connectivity index (χ1v) is 7.78. The van der Waals surface area contributed by atoms with Gasteiger partial charge in [0.25, 0.3) is 0 Å². The summed E-state index contributed by atoms with van der Waals surface area (Å²) >= 11 is 11.2. The van der Waals surface area contributed by atoms with Gasteiger partial charge in [-0.05, 0) is 31.2 Å². The van der Waals surface area contributed by atoms with E-state index < -0.39 is 12.0 Å². The Kier molecular flexibility index (Phi) is 10.9. The van der Waals surface area contributed by atoms with Crippen molar-refractivity contribution in [3.8, 4) is 0 Å². The second-order valence-electron chi connectivity index (χ2n) is 4.70. The number of carboxylic acids is 1. The molecule has 6 heteroatoms. The van der Waals surface area contributed by atoms with Gasteiger partial charge in [-0.2, -0.15) is 0 Å². The van der Waals surface area contributed by atoms with Crippen LogP contribution in [-0.4, -0.2) is 34.6 Å². The SMILES string of the molecule is C=CCN(c1ccccc1)C(C)C(=O)O.Clc1ccccc1Cl.[Si]. The molecule has 0 amide bonds. The summed E-state index contributed by atoms with van der Waals surface area (Å²) in [4.78, 5) is 12.7. The normalized spacial score (nSPS) is 10.5. The molecule has 0 saturated heterocycles. The van der Waals surface area contributed by atoms with Gasteiger partial charge in [0, 0.05) is 23.2 Å². The number of carbonyl (C=O) groups is 1. The molecule has 3 nitrogen and oxygen atoms in total. The summed E-state index contributed by atoms with van der Waals surface area (Å²) in [5.41, 5.74) is 0.896. The summed E-state index contributed by atoms with van der Waals surface area (Å²) in [6.07, 6.45) is 1.70. The van der Waals surface area contributed by atoms with Crippen LogP contribution in [0.3, 0.4) is 0 Å². The number of para-hydroxylation sites is 1. The van der Waals surface area contributed by atoms with E-state index in [-0.39, 0.29) is 11.0 Å². The third kappa shape index (κ3) is 7.21. The van der Waals surface area contributed by atoms with E-state index in [1.165, 1.54) is 0 Å². The zero-order valence-electron chi connectivity index (χ0n) is 13.3. The van der Waals surface area contributed by atoms with Crippen LogP contribution in [0.25, 0.3) is 0 Å². The molecule has 0 aliphatic rings. The van der Waals surface area contributed by atoms with Crippen LogP contribution in [0.2, 0.25) is 10.0 Å². The Morgan fingerprint density at radius 3 is 1.96 bits per heavy atom. The molecule has 1 atom stereocenters. The maximum Gasteiger partial charge on any atom is 0.326 e. The zero-order valence-corrected chi connectivity index (χ0v) is 15.8. The van der Waals surface area contributed by atoms with E-state index in [1.54, 1.807) is 30.0 Å². The van der Waals surface area contributed by atoms with E-state index in [1.807, 2.05) is 42.5 Å². The number of benzene rings is 2. The van der Waals surface area contributed by atoms with Crippen LogP contribution < -0.4 is 4.90 Å². The minimum atomic E-state index is -0.833. The van der Waals surface area contributed by atoms with E-state index in [0.717, 1.165) is 5.69 Å². The van der Waals surface area contributed by atoms with Gasteiger partial charge in [0.2, 0.25) is 0 Å². The van der Waals surface area contributed by atoms with Crippen LogP contribution in [0, 0.1) is 0 Å². The Morgan fingerprint density at radius 2 is 1.58 bits per heavy atom. The first-order chi connectivity index (χ1) is 11.0. The summed E-state index contributed by atoms with van der Waals surface area (Å²) in [6.45, 7) is 5.82. The molecule has 24 heavy (non-hydrogen) atoms. The fraction of sp³-hybridized carbons (Fsp3) is 0.167. The molecule has 0 fully saturated rings. The van der Waals surface area contributed by atoms with E-state index >= 15 is 0 Å². The lowest BCUT2D eigenvalue weighted by molar-refractivity contribution is -0.138. The van der Waals surface area contributed by atoms with Crippen LogP contribution in [0.1, 0.15) is 6.92 Å². The maximum absolute atomic E-state index is 10.9. The second-order valence-corrected chi connectivity index (χ2v) is 5.52. The van der Waals surface area contributed by atoms with Crippen molar-refractivity contribution in [2.75, 3.05) is 11.4 Å². The highest BCUT2D eigenvalue weighted by atomic mass is 35.5. The van der Waals surface area contributed by atoms with Gasteiger partial charge in [-0.15, -0.1) is 6.58 Å². The van der Waals surface area contributed by atoms with Gasteiger partial charge in [-0.3, -0.25) is 0 Å².